The maximum atomic E-state index is 8.89. The second kappa shape index (κ2) is 8.40. The van der Waals surface area contributed by atoms with Gasteiger partial charge in [-0.25, -0.2) is 0 Å². The van der Waals surface area contributed by atoms with Crippen LogP contribution in [0.5, 0.6) is 0 Å². The molecule has 1 aliphatic rings. The second-order valence-electron chi connectivity index (χ2n) is 5.92. The van der Waals surface area contributed by atoms with Crippen LogP contribution in [-0.4, -0.2) is 42.3 Å². The summed E-state index contributed by atoms with van der Waals surface area (Å²) in [5, 5.41) is 12.5. The third kappa shape index (κ3) is 4.89. The Hall–Kier alpha value is -0.900. The highest BCUT2D eigenvalue weighted by Crippen LogP contribution is 2.21. The summed E-state index contributed by atoms with van der Waals surface area (Å²) in [6.45, 7) is 6.89. The molecule has 0 bridgehead atoms. The highest BCUT2D eigenvalue weighted by atomic mass is 16.3. The van der Waals surface area contributed by atoms with Gasteiger partial charge in [-0.2, -0.15) is 0 Å². The summed E-state index contributed by atoms with van der Waals surface area (Å²) >= 11 is 0. The first-order valence-electron chi connectivity index (χ1n) is 7.92. The quantitative estimate of drug-likeness (QED) is 0.750. The second-order valence-corrected chi connectivity index (χ2v) is 5.92. The Kier molecular flexibility index (Phi) is 6.51. The van der Waals surface area contributed by atoms with Crippen molar-refractivity contribution < 1.29 is 5.11 Å². The predicted octanol–water partition coefficient (Wildman–Crippen LogP) is 2.26. The molecule has 0 aliphatic carbocycles. The molecule has 0 aromatic heterocycles. The van der Waals surface area contributed by atoms with Crippen LogP contribution in [0.2, 0.25) is 0 Å². The molecular weight excluding hydrogens is 248 g/mol. The summed E-state index contributed by atoms with van der Waals surface area (Å²) in [5.41, 5.74) is 1.40. The Balaban J connectivity index is 1.87. The first kappa shape index (κ1) is 15.5. The summed E-state index contributed by atoms with van der Waals surface area (Å²) < 4.78 is 0. The number of benzene rings is 1. The Morgan fingerprint density at radius 1 is 1.25 bits per heavy atom. The summed E-state index contributed by atoms with van der Waals surface area (Å²) in [5.74, 6) is 0.791. The highest BCUT2D eigenvalue weighted by molar-refractivity contribution is 5.14. The van der Waals surface area contributed by atoms with Gasteiger partial charge in [0.25, 0.3) is 0 Å². The van der Waals surface area contributed by atoms with Crippen LogP contribution >= 0.6 is 0 Å². The molecule has 1 aromatic carbocycles. The summed E-state index contributed by atoms with van der Waals surface area (Å²) in [4.78, 5) is 2.57. The zero-order valence-corrected chi connectivity index (χ0v) is 12.6. The first-order chi connectivity index (χ1) is 9.81. The van der Waals surface area contributed by atoms with Crippen LogP contribution in [0, 0.1) is 5.92 Å². The molecule has 20 heavy (non-hydrogen) atoms. The van der Waals surface area contributed by atoms with E-state index < -0.39 is 0 Å². The zero-order valence-electron chi connectivity index (χ0n) is 12.6. The van der Waals surface area contributed by atoms with Crippen LogP contribution < -0.4 is 5.32 Å². The van der Waals surface area contributed by atoms with Gasteiger partial charge in [0, 0.05) is 32.3 Å². The van der Waals surface area contributed by atoms with Crippen molar-refractivity contribution in [2.75, 3.05) is 26.2 Å². The van der Waals surface area contributed by atoms with Crippen LogP contribution in [-0.2, 0) is 6.54 Å². The molecule has 3 nitrogen and oxygen atoms in total. The van der Waals surface area contributed by atoms with Crippen molar-refractivity contribution in [2.24, 2.45) is 5.92 Å². The number of nitrogens with one attached hydrogen (secondary N) is 1. The van der Waals surface area contributed by atoms with Gasteiger partial charge in [0.1, 0.15) is 0 Å². The molecule has 1 fully saturated rings. The SMILES string of the molecule is CCC1CC(NCCCO)CN(Cc2ccccc2)C1. The zero-order chi connectivity index (χ0) is 14.2. The number of likely N-dealkylation sites (tertiary alicyclic amines) is 1. The van der Waals surface area contributed by atoms with Crippen LogP contribution in [0.25, 0.3) is 0 Å². The molecular formula is C17H28N2O. The lowest BCUT2D eigenvalue weighted by Gasteiger charge is -2.38. The molecule has 2 unspecified atom stereocenters. The Morgan fingerprint density at radius 3 is 2.75 bits per heavy atom. The van der Waals surface area contributed by atoms with Crippen molar-refractivity contribution in [1.82, 2.24) is 10.2 Å². The minimum absolute atomic E-state index is 0.282. The van der Waals surface area contributed by atoms with E-state index in [1.54, 1.807) is 0 Å². The normalized spacial score (nSPS) is 23.9. The molecule has 1 saturated heterocycles. The maximum Gasteiger partial charge on any atom is 0.0443 e. The number of aliphatic hydroxyl groups excluding tert-OH is 1. The molecule has 2 rings (SSSR count). The molecule has 3 heteroatoms. The van der Waals surface area contributed by atoms with Gasteiger partial charge in [-0.05, 0) is 30.9 Å². The van der Waals surface area contributed by atoms with Crippen LogP contribution in [0.4, 0.5) is 0 Å². The van der Waals surface area contributed by atoms with Gasteiger partial charge in [-0.3, -0.25) is 4.90 Å². The standard InChI is InChI=1S/C17H28N2O/c1-2-15-11-17(18-9-6-10-20)14-19(12-15)13-16-7-4-3-5-8-16/h3-5,7-8,15,17-18,20H,2,6,9-14H2,1H3. The van der Waals surface area contributed by atoms with Crippen molar-refractivity contribution >= 4 is 0 Å². The van der Waals surface area contributed by atoms with Crippen LogP contribution in [0.3, 0.4) is 0 Å². The Bertz CT molecular complexity index is 369. The van der Waals surface area contributed by atoms with Gasteiger partial charge < -0.3 is 10.4 Å². The Morgan fingerprint density at radius 2 is 2.05 bits per heavy atom. The molecule has 1 aliphatic heterocycles. The number of hydrogen-bond acceptors (Lipinski definition) is 3. The number of piperidine rings is 1. The lowest BCUT2D eigenvalue weighted by atomic mass is 9.91. The third-order valence-corrected chi connectivity index (χ3v) is 4.21. The number of rotatable bonds is 7. The van der Waals surface area contributed by atoms with E-state index in [0.717, 1.165) is 32.0 Å². The summed E-state index contributed by atoms with van der Waals surface area (Å²) in [6, 6.07) is 11.3. The number of hydrogen-bond donors (Lipinski definition) is 2. The van der Waals surface area contributed by atoms with Gasteiger partial charge in [0.2, 0.25) is 0 Å². The van der Waals surface area contributed by atoms with Gasteiger partial charge in [-0.1, -0.05) is 43.7 Å². The van der Waals surface area contributed by atoms with Crippen molar-refractivity contribution in [1.29, 1.82) is 0 Å². The van der Waals surface area contributed by atoms with Crippen molar-refractivity contribution in [2.45, 2.75) is 38.8 Å². The molecule has 0 amide bonds. The summed E-state index contributed by atoms with van der Waals surface area (Å²) in [6.07, 6.45) is 3.38. The molecule has 1 aromatic rings. The topological polar surface area (TPSA) is 35.5 Å². The van der Waals surface area contributed by atoms with Crippen molar-refractivity contribution in [3.63, 3.8) is 0 Å². The van der Waals surface area contributed by atoms with E-state index in [2.05, 4.69) is 47.5 Å². The number of aliphatic hydroxyl groups is 1. The van der Waals surface area contributed by atoms with Crippen LogP contribution in [0.15, 0.2) is 30.3 Å². The van der Waals surface area contributed by atoms with Crippen molar-refractivity contribution in [3.05, 3.63) is 35.9 Å². The largest absolute Gasteiger partial charge is 0.396 e. The molecule has 0 radical (unpaired) electrons. The monoisotopic (exact) mass is 276 g/mol. The number of nitrogens with zero attached hydrogens (tertiary/aromatic N) is 1. The highest BCUT2D eigenvalue weighted by Gasteiger charge is 2.25. The molecule has 2 N–H and O–H groups in total. The Labute approximate surface area is 123 Å². The smallest absolute Gasteiger partial charge is 0.0443 e. The van der Waals surface area contributed by atoms with Gasteiger partial charge in [-0.15, -0.1) is 0 Å². The average Bonchev–Trinajstić information content (AvgIpc) is 2.48. The molecule has 0 spiro atoms. The van der Waals surface area contributed by atoms with E-state index in [9.17, 15) is 0 Å². The van der Waals surface area contributed by atoms with Gasteiger partial charge >= 0.3 is 0 Å². The fourth-order valence-electron chi connectivity index (χ4n) is 3.10. The molecule has 112 valence electrons. The predicted molar refractivity (Wildman–Crippen MR) is 83.6 cm³/mol. The fourth-order valence-corrected chi connectivity index (χ4v) is 3.10. The van der Waals surface area contributed by atoms with Gasteiger partial charge in [0.05, 0.1) is 0 Å². The minimum atomic E-state index is 0.282. The maximum absolute atomic E-state index is 8.89. The van der Waals surface area contributed by atoms with Gasteiger partial charge in [0.15, 0.2) is 0 Å². The van der Waals surface area contributed by atoms with E-state index in [4.69, 9.17) is 5.11 Å². The van der Waals surface area contributed by atoms with E-state index >= 15 is 0 Å². The molecule has 1 heterocycles. The average molecular weight is 276 g/mol. The fraction of sp³-hybridized carbons (Fsp3) is 0.647. The van der Waals surface area contributed by atoms with Crippen molar-refractivity contribution in [3.8, 4) is 0 Å². The van der Waals surface area contributed by atoms with Crippen LogP contribution in [0.1, 0.15) is 31.7 Å². The van der Waals surface area contributed by atoms with E-state index in [-0.39, 0.29) is 6.61 Å². The lowest BCUT2D eigenvalue weighted by Crippen LogP contribution is -2.49. The first-order valence-corrected chi connectivity index (χ1v) is 7.92. The van der Waals surface area contributed by atoms with E-state index in [1.165, 1.54) is 24.9 Å². The van der Waals surface area contributed by atoms with E-state index in [0.29, 0.717) is 6.04 Å². The van der Waals surface area contributed by atoms with E-state index in [1.807, 2.05) is 0 Å². The summed E-state index contributed by atoms with van der Waals surface area (Å²) in [7, 11) is 0. The third-order valence-electron chi connectivity index (χ3n) is 4.21. The lowest BCUT2D eigenvalue weighted by molar-refractivity contribution is 0.131. The minimum Gasteiger partial charge on any atom is -0.396 e. The molecule has 0 saturated carbocycles. The molecule has 2 atom stereocenters.